The molecule has 0 saturated carbocycles. The van der Waals surface area contributed by atoms with Gasteiger partial charge in [-0.15, -0.1) is 0 Å². The van der Waals surface area contributed by atoms with Gasteiger partial charge in [0.15, 0.2) is 0 Å². The van der Waals surface area contributed by atoms with E-state index >= 15 is 0 Å². The zero-order valence-electron chi connectivity index (χ0n) is 13.6. The molecule has 0 bridgehead atoms. The lowest BCUT2D eigenvalue weighted by atomic mass is 10.0. The minimum atomic E-state index is -0.0330. The third-order valence-corrected chi connectivity index (χ3v) is 3.90. The van der Waals surface area contributed by atoms with Gasteiger partial charge in [-0.2, -0.15) is 0 Å². The molecule has 2 atom stereocenters. The van der Waals surface area contributed by atoms with Crippen molar-refractivity contribution in [3.05, 3.63) is 23.8 Å². The van der Waals surface area contributed by atoms with Gasteiger partial charge in [-0.3, -0.25) is 0 Å². The molecule has 20 heavy (non-hydrogen) atoms. The van der Waals surface area contributed by atoms with Crippen molar-refractivity contribution in [2.24, 2.45) is 5.73 Å². The molecule has 0 aromatic heterocycles. The Morgan fingerprint density at radius 1 is 1.25 bits per heavy atom. The summed E-state index contributed by atoms with van der Waals surface area (Å²) in [4.78, 5) is 2.48. The molecule has 0 aliphatic rings. The summed E-state index contributed by atoms with van der Waals surface area (Å²) in [6.07, 6.45) is 3.52. The predicted molar refractivity (Wildman–Crippen MR) is 87.6 cm³/mol. The number of unbranched alkanes of at least 4 members (excludes halogenated alkanes) is 1. The van der Waals surface area contributed by atoms with Gasteiger partial charge in [0.05, 0.1) is 7.11 Å². The lowest BCUT2D eigenvalue weighted by Crippen LogP contribution is -2.35. The van der Waals surface area contributed by atoms with E-state index in [1.54, 1.807) is 7.11 Å². The molecule has 1 rings (SSSR count). The summed E-state index contributed by atoms with van der Waals surface area (Å²) in [5.74, 6) is 0.891. The van der Waals surface area contributed by atoms with E-state index in [0.717, 1.165) is 24.3 Å². The quantitative estimate of drug-likeness (QED) is 0.777. The van der Waals surface area contributed by atoms with Crippen molar-refractivity contribution in [2.45, 2.75) is 59.0 Å². The van der Waals surface area contributed by atoms with E-state index in [1.165, 1.54) is 18.5 Å². The third kappa shape index (κ3) is 3.89. The molecular weight excluding hydrogens is 248 g/mol. The van der Waals surface area contributed by atoms with E-state index in [9.17, 15) is 0 Å². The zero-order chi connectivity index (χ0) is 15.1. The second kappa shape index (κ2) is 8.15. The number of anilines is 1. The van der Waals surface area contributed by atoms with Crippen molar-refractivity contribution in [2.75, 3.05) is 18.6 Å². The highest BCUT2D eigenvalue weighted by Gasteiger charge is 2.20. The van der Waals surface area contributed by atoms with Crippen LogP contribution in [-0.4, -0.2) is 19.7 Å². The first-order chi connectivity index (χ1) is 9.56. The normalized spacial score (nSPS) is 13.9. The maximum Gasteiger partial charge on any atom is 0.125 e. The molecule has 1 aromatic carbocycles. The van der Waals surface area contributed by atoms with Gasteiger partial charge in [0.1, 0.15) is 5.75 Å². The van der Waals surface area contributed by atoms with Gasteiger partial charge in [-0.05, 0) is 38.8 Å². The van der Waals surface area contributed by atoms with Crippen molar-refractivity contribution in [3.63, 3.8) is 0 Å². The first-order valence-electron chi connectivity index (χ1n) is 7.75. The molecule has 0 aliphatic heterocycles. The Hall–Kier alpha value is -1.22. The molecule has 1 aromatic rings. The Kier molecular flexibility index (Phi) is 6.86. The first-order valence-corrected chi connectivity index (χ1v) is 7.75. The van der Waals surface area contributed by atoms with Crippen LogP contribution in [0.3, 0.4) is 0 Å². The summed E-state index contributed by atoms with van der Waals surface area (Å²) >= 11 is 0. The maximum absolute atomic E-state index is 6.19. The highest BCUT2D eigenvalue weighted by molar-refractivity contribution is 5.61. The van der Waals surface area contributed by atoms with Gasteiger partial charge < -0.3 is 15.4 Å². The number of hydrogen-bond acceptors (Lipinski definition) is 3. The lowest BCUT2D eigenvalue weighted by molar-refractivity contribution is 0.406. The topological polar surface area (TPSA) is 38.5 Å². The maximum atomic E-state index is 6.19. The van der Waals surface area contributed by atoms with Crippen LogP contribution in [0, 0.1) is 0 Å². The van der Waals surface area contributed by atoms with Crippen LogP contribution < -0.4 is 15.4 Å². The van der Waals surface area contributed by atoms with Crippen LogP contribution in [0.4, 0.5) is 5.69 Å². The molecular formula is C17H30N2O. The minimum absolute atomic E-state index is 0.0330. The molecule has 2 unspecified atom stereocenters. The van der Waals surface area contributed by atoms with Gasteiger partial charge in [-0.25, -0.2) is 0 Å². The summed E-state index contributed by atoms with van der Waals surface area (Å²) in [6.45, 7) is 9.83. The van der Waals surface area contributed by atoms with Crippen LogP contribution in [0.25, 0.3) is 0 Å². The van der Waals surface area contributed by atoms with Gasteiger partial charge in [0, 0.05) is 29.9 Å². The van der Waals surface area contributed by atoms with E-state index in [0.29, 0.717) is 6.04 Å². The van der Waals surface area contributed by atoms with E-state index in [-0.39, 0.29) is 6.04 Å². The second-order valence-corrected chi connectivity index (χ2v) is 5.49. The summed E-state index contributed by atoms with van der Waals surface area (Å²) in [5, 5.41) is 0. The van der Waals surface area contributed by atoms with Crippen LogP contribution in [-0.2, 0) is 0 Å². The fourth-order valence-corrected chi connectivity index (χ4v) is 2.55. The summed E-state index contributed by atoms with van der Waals surface area (Å²) in [7, 11) is 1.71. The van der Waals surface area contributed by atoms with Gasteiger partial charge in [-0.1, -0.05) is 26.3 Å². The van der Waals surface area contributed by atoms with E-state index in [1.807, 2.05) is 13.0 Å². The van der Waals surface area contributed by atoms with Crippen LogP contribution in [0.5, 0.6) is 5.75 Å². The predicted octanol–water partition coefficient (Wildman–Crippen LogP) is 4.12. The molecule has 0 spiro atoms. The highest BCUT2D eigenvalue weighted by atomic mass is 16.5. The fraction of sp³-hybridized carbons (Fsp3) is 0.647. The molecule has 0 fully saturated rings. The molecule has 3 nitrogen and oxygen atoms in total. The van der Waals surface area contributed by atoms with E-state index in [4.69, 9.17) is 10.5 Å². The molecule has 0 heterocycles. The standard InChI is InChI=1S/C17H30N2O/c1-6-8-12-19(13(3)7-2)15-10-9-11-16(20-5)17(15)14(4)18/h9-11,13-14H,6-8,12,18H2,1-5H3. The van der Waals surface area contributed by atoms with Gasteiger partial charge in [0.25, 0.3) is 0 Å². The monoisotopic (exact) mass is 278 g/mol. The van der Waals surface area contributed by atoms with Crippen molar-refractivity contribution in [3.8, 4) is 5.75 Å². The molecule has 0 radical (unpaired) electrons. The Bertz CT molecular complexity index is 404. The van der Waals surface area contributed by atoms with Gasteiger partial charge in [0.2, 0.25) is 0 Å². The minimum Gasteiger partial charge on any atom is -0.496 e. The highest BCUT2D eigenvalue weighted by Crippen LogP contribution is 2.35. The average molecular weight is 278 g/mol. The van der Waals surface area contributed by atoms with Gasteiger partial charge >= 0.3 is 0 Å². The number of benzene rings is 1. The van der Waals surface area contributed by atoms with Crippen molar-refractivity contribution in [1.82, 2.24) is 0 Å². The fourth-order valence-electron chi connectivity index (χ4n) is 2.55. The second-order valence-electron chi connectivity index (χ2n) is 5.49. The summed E-state index contributed by atoms with van der Waals surface area (Å²) in [6, 6.07) is 6.70. The Morgan fingerprint density at radius 2 is 1.95 bits per heavy atom. The van der Waals surface area contributed by atoms with Crippen LogP contribution in [0.2, 0.25) is 0 Å². The molecule has 114 valence electrons. The Balaban J connectivity index is 3.24. The van der Waals surface area contributed by atoms with Crippen molar-refractivity contribution in [1.29, 1.82) is 0 Å². The Morgan fingerprint density at radius 3 is 2.45 bits per heavy atom. The molecule has 3 heteroatoms. The van der Waals surface area contributed by atoms with Crippen LogP contribution >= 0.6 is 0 Å². The van der Waals surface area contributed by atoms with Crippen molar-refractivity contribution < 1.29 is 4.74 Å². The number of nitrogens with two attached hydrogens (primary N) is 1. The Labute approximate surface area is 124 Å². The number of rotatable bonds is 8. The number of ether oxygens (including phenoxy) is 1. The lowest BCUT2D eigenvalue weighted by Gasteiger charge is -2.34. The molecule has 0 saturated heterocycles. The summed E-state index contributed by atoms with van der Waals surface area (Å²) in [5.41, 5.74) is 8.53. The smallest absolute Gasteiger partial charge is 0.125 e. The first kappa shape index (κ1) is 16.8. The average Bonchev–Trinajstić information content (AvgIpc) is 2.46. The molecule has 0 aliphatic carbocycles. The van der Waals surface area contributed by atoms with E-state index in [2.05, 4.69) is 37.8 Å². The van der Waals surface area contributed by atoms with Crippen molar-refractivity contribution >= 4 is 5.69 Å². The largest absolute Gasteiger partial charge is 0.496 e. The number of hydrogen-bond donors (Lipinski definition) is 1. The number of nitrogens with zero attached hydrogens (tertiary/aromatic N) is 1. The van der Waals surface area contributed by atoms with Crippen LogP contribution in [0.1, 0.15) is 58.6 Å². The van der Waals surface area contributed by atoms with Crippen LogP contribution in [0.15, 0.2) is 18.2 Å². The third-order valence-electron chi connectivity index (χ3n) is 3.90. The molecule has 2 N–H and O–H groups in total. The molecule has 0 amide bonds. The SMILES string of the molecule is CCCCN(c1cccc(OC)c1C(C)N)C(C)CC. The number of methoxy groups -OCH3 is 1. The summed E-state index contributed by atoms with van der Waals surface area (Å²) < 4.78 is 5.51. The van der Waals surface area contributed by atoms with E-state index < -0.39 is 0 Å². The zero-order valence-corrected chi connectivity index (χ0v) is 13.6.